The zero-order chi connectivity index (χ0) is 7.72. The van der Waals surface area contributed by atoms with Gasteiger partial charge in [-0.3, -0.25) is 0 Å². The number of aryl methyl sites for hydroxylation is 1. The van der Waals surface area contributed by atoms with E-state index in [-0.39, 0.29) is 0 Å². The maximum atomic E-state index is 11.1. The van der Waals surface area contributed by atoms with Gasteiger partial charge in [0.05, 0.1) is 11.3 Å². The molecule has 0 N–H and O–H groups in total. The topological polar surface area (TPSA) is 26.9 Å². The maximum absolute atomic E-state index is 11.1. The Hall–Kier alpha value is -0.570. The average Bonchev–Trinajstić information content (AvgIpc) is 2.14. The molecule has 0 unspecified atom stereocenters. The Morgan fingerprint density at radius 1 is 1.60 bits per heavy atom. The molecule has 0 saturated heterocycles. The van der Waals surface area contributed by atoms with Gasteiger partial charge < -0.3 is 5.21 Å². The number of thiazole rings is 1. The molecule has 0 aliphatic heterocycles. The minimum atomic E-state index is 0.344. The van der Waals surface area contributed by atoms with Crippen LogP contribution in [0.2, 0.25) is 0 Å². The summed E-state index contributed by atoms with van der Waals surface area (Å²) in [6.07, 6.45) is 0. The standard InChI is InChI=1S/C7H11NOS/c1-5(2)7-8(9)6(3)4-10-7/h4-5H,1-3H3. The number of aromatic nitrogens is 1. The van der Waals surface area contributed by atoms with Crippen molar-refractivity contribution < 1.29 is 4.73 Å². The maximum Gasteiger partial charge on any atom is 0.251 e. The largest absolute Gasteiger partial charge is 0.618 e. The first-order valence-corrected chi connectivity index (χ1v) is 4.18. The van der Waals surface area contributed by atoms with Gasteiger partial charge in [0.25, 0.3) is 5.01 Å². The fourth-order valence-corrected chi connectivity index (χ4v) is 1.68. The molecule has 2 nitrogen and oxygen atoms in total. The Kier molecular flexibility index (Phi) is 1.94. The molecule has 1 rings (SSSR count). The number of rotatable bonds is 1. The highest BCUT2D eigenvalue weighted by molar-refractivity contribution is 7.09. The van der Waals surface area contributed by atoms with Gasteiger partial charge in [-0.1, -0.05) is 25.2 Å². The minimum Gasteiger partial charge on any atom is -0.618 e. The van der Waals surface area contributed by atoms with Gasteiger partial charge in [0, 0.05) is 6.92 Å². The lowest BCUT2D eigenvalue weighted by atomic mass is 10.2. The summed E-state index contributed by atoms with van der Waals surface area (Å²) in [5, 5.41) is 13.9. The molecule has 1 aromatic heterocycles. The number of hydrogen-bond acceptors (Lipinski definition) is 2. The third-order valence-corrected chi connectivity index (χ3v) is 2.70. The smallest absolute Gasteiger partial charge is 0.251 e. The lowest BCUT2D eigenvalue weighted by Crippen LogP contribution is -2.31. The molecule has 1 heterocycles. The Bertz CT molecular complexity index is 230. The summed E-state index contributed by atoms with van der Waals surface area (Å²) in [5.74, 6) is 0.344. The van der Waals surface area contributed by atoms with Gasteiger partial charge in [-0.25, -0.2) is 0 Å². The molecular weight excluding hydrogens is 146 g/mol. The van der Waals surface area contributed by atoms with Crippen molar-refractivity contribution in [2.75, 3.05) is 0 Å². The first-order chi connectivity index (χ1) is 4.63. The van der Waals surface area contributed by atoms with Crippen molar-refractivity contribution in [1.29, 1.82) is 0 Å². The quantitative estimate of drug-likeness (QED) is 0.451. The highest BCUT2D eigenvalue weighted by atomic mass is 32.1. The van der Waals surface area contributed by atoms with Crippen LogP contribution in [-0.4, -0.2) is 0 Å². The molecule has 0 fully saturated rings. The van der Waals surface area contributed by atoms with Gasteiger partial charge in [-0.2, -0.15) is 4.73 Å². The predicted molar refractivity (Wildman–Crippen MR) is 42.1 cm³/mol. The summed E-state index contributed by atoms with van der Waals surface area (Å²) < 4.78 is 1.01. The second-order valence-corrected chi connectivity index (χ2v) is 3.55. The summed E-state index contributed by atoms with van der Waals surface area (Å²) in [7, 11) is 0. The molecule has 0 spiro atoms. The van der Waals surface area contributed by atoms with Crippen LogP contribution in [0, 0.1) is 12.1 Å². The first kappa shape index (κ1) is 7.54. The molecule has 0 bridgehead atoms. The van der Waals surface area contributed by atoms with Crippen LogP contribution in [0.25, 0.3) is 0 Å². The van der Waals surface area contributed by atoms with Crippen LogP contribution >= 0.6 is 11.3 Å². The van der Waals surface area contributed by atoms with Crippen molar-refractivity contribution in [2.24, 2.45) is 0 Å². The third-order valence-electron chi connectivity index (χ3n) is 1.36. The third kappa shape index (κ3) is 1.14. The van der Waals surface area contributed by atoms with E-state index in [0.29, 0.717) is 5.92 Å². The van der Waals surface area contributed by atoms with E-state index in [9.17, 15) is 5.21 Å². The summed E-state index contributed by atoms with van der Waals surface area (Å²) in [6.45, 7) is 5.88. The molecule has 1 aromatic rings. The van der Waals surface area contributed by atoms with Crippen molar-refractivity contribution in [3.8, 4) is 0 Å². The summed E-state index contributed by atoms with van der Waals surface area (Å²) in [4.78, 5) is 0. The molecule has 0 aliphatic carbocycles. The van der Waals surface area contributed by atoms with Gasteiger partial charge in [0.2, 0.25) is 5.69 Å². The highest BCUT2D eigenvalue weighted by Gasteiger charge is 2.14. The van der Waals surface area contributed by atoms with E-state index in [4.69, 9.17) is 0 Å². The predicted octanol–water partition coefficient (Wildman–Crippen LogP) is 1.81. The Labute approximate surface area is 64.7 Å². The molecule has 10 heavy (non-hydrogen) atoms. The van der Waals surface area contributed by atoms with Crippen LogP contribution in [0.3, 0.4) is 0 Å². The molecule has 0 atom stereocenters. The molecule has 0 amide bonds. The fourth-order valence-electron chi connectivity index (χ4n) is 0.786. The monoisotopic (exact) mass is 157 g/mol. The van der Waals surface area contributed by atoms with E-state index in [1.807, 2.05) is 26.2 Å². The minimum absolute atomic E-state index is 0.344. The number of nitrogens with zero attached hydrogens (tertiary/aromatic N) is 1. The van der Waals surface area contributed by atoms with Gasteiger partial charge in [0.1, 0.15) is 0 Å². The van der Waals surface area contributed by atoms with Crippen LogP contribution in [-0.2, 0) is 0 Å². The van der Waals surface area contributed by atoms with Crippen molar-refractivity contribution in [3.63, 3.8) is 0 Å². The van der Waals surface area contributed by atoms with E-state index >= 15 is 0 Å². The zero-order valence-electron chi connectivity index (χ0n) is 6.42. The normalized spacial score (nSPS) is 10.8. The summed E-state index contributed by atoms with van der Waals surface area (Å²) in [5.41, 5.74) is 0.800. The van der Waals surface area contributed by atoms with Crippen LogP contribution in [0.1, 0.15) is 30.5 Å². The first-order valence-electron chi connectivity index (χ1n) is 3.30. The fraction of sp³-hybridized carbons (Fsp3) is 0.571. The molecule has 56 valence electrons. The van der Waals surface area contributed by atoms with E-state index in [1.165, 1.54) is 11.3 Å². The Morgan fingerprint density at radius 2 is 2.20 bits per heavy atom. The lowest BCUT2D eigenvalue weighted by Gasteiger charge is -2.00. The van der Waals surface area contributed by atoms with Crippen LogP contribution in [0.5, 0.6) is 0 Å². The van der Waals surface area contributed by atoms with E-state index in [0.717, 1.165) is 15.4 Å². The molecule has 0 aliphatic rings. The molecule has 0 aromatic carbocycles. The van der Waals surface area contributed by atoms with Crippen LogP contribution < -0.4 is 4.73 Å². The SMILES string of the molecule is Cc1csc(C(C)C)[n+]1[O-]. The van der Waals surface area contributed by atoms with Crippen LogP contribution in [0.4, 0.5) is 0 Å². The Balaban J connectivity index is 3.05. The molecule has 0 radical (unpaired) electrons. The second kappa shape index (κ2) is 2.58. The van der Waals surface area contributed by atoms with Gasteiger partial charge in [-0.05, 0) is 0 Å². The zero-order valence-corrected chi connectivity index (χ0v) is 7.23. The van der Waals surface area contributed by atoms with Gasteiger partial charge in [0.15, 0.2) is 0 Å². The Morgan fingerprint density at radius 3 is 2.40 bits per heavy atom. The second-order valence-electron chi connectivity index (χ2n) is 2.66. The van der Waals surface area contributed by atoms with Crippen molar-refractivity contribution in [1.82, 2.24) is 0 Å². The van der Waals surface area contributed by atoms with Crippen molar-refractivity contribution in [2.45, 2.75) is 26.7 Å². The number of hydrogen-bond donors (Lipinski definition) is 0. The molecule has 3 heteroatoms. The van der Waals surface area contributed by atoms with E-state index < -0.39 is 0 Å². The highest BCUT2D eigenvalue weighted by Crippen LogP contribution is 2.16. The van der Waals surface area contributed by atoms with E-state index in [2.05, 4.69) is 0 Å². The summed E-state index contributed by atoms with van der Waals surface area (Å²) in [6, 6.07) is 0. The van der Waals surface area contributed by atoms with E-state index in [1.54, 1.807) is 0 Å². The van der Waals surface area contributed by atoms with Crippen molar-refractivity contribution >= 4 is 11.3 Å². The van der Waals surface area contributed by atoms with Gasteiger partial charge >= 0.3 is 0 Å². The lowest BCUT2D eigenvalue weighted by molar-refractivity contribution is -0.616. The summed E-state index contributed by atoms with van der Waals surface area (Å²) >= 11 is 1.53. The van der Waals surface area contributed by atoms with Crippen molar-refractivity contribution in [3.05, 3.63) is 21.3 Å². The average molecular weight is 157 g/mol. The van der Waals surface area contributed by atoms with Crippen LogP contribution in [0.15, 0.2) is 5.38 Å². The molecular formula is C7H11NOS. The van der Waals surface area contributed by atoms with Gasteiger partial charge in [-0.15, -0.1) is 0 Å². The molecule has 0 saturated carbocycles.